The van der Waals surface area contributed by atoms with Crippen LogP contribution in [0, 0.1) is 6.92 Å². The highest BCUT2D eigenvalue weighted by Crippen LogP contribution is 2.34. The maximum absolute atomic E-state index is 5.91. The average Bonchev–Trinajstić information content (AvgIpc) is 2.54. The predicted octanol–water partition coefficient (Wildman–Crippen LogP) is 3.07. The van der Waals surface area contributed by atoms with Crippen molar-refractivity contribution >= 4 is 0 Å². The third-order valence-electron chi connectivity index (χ3n) is 4.23. The topological polar surface area (TPSA) is 47.3 Å². The number of ether oxygens (including phenoxy) is 1. The van der Waals surface area contributed by atoms with Crippen LogP contribution in [-0.2, 0) is 12.8 Å². The molecule has 1 aliphatic heterocycles. The van der Waals surface area contributed by atoms with Gasteiger partial charge in [-0.1, -0.05) is 42.5 Å². The van der Waals surface area contributed by atoms with E-state index < -0.39 is 0 Å². The molecule has 0 radical (unpaired) electrons. The number of hydrogen-bond acceptors (Lipinski definition) is 3. The fourth-order valence-corrected chi connectivity index (χ4v) is 3.01. The van der Waals surface area contributed by atoms with Gasteiger partial charge < -0.3 is 4.74 Å². The zero-order valence-electron chi connectivity index (χ0n) is 12.4. The number of hydrazine groups is 1. The third-order valence-corrected chi connectivity index (χ3v) is 4.23. The van der Waals surface area contributed by atoms with E-state index >= 15 is 0 Å². The maximum Gasteiger partial charge on any atom is 0.127 e. The molecule has 0 spiro atoms. The molecule has 3 heteroatoms. The molecule has 0 saturated heterocycles. The molecule has 3 rings (SSSR count). The van der Waals surface area contributed by atoms with E-state index in [1.807, 2.05) is 0 Å². The number of benzene rings is 2. The minimum absolute atomic E-state index is 0.0687. The van der Waals surface area contributed by atoms with Crippen LogP contribution in [0.2, 0.25) is 0 Å². The number of nitrogens with two attached hydrogens (primary N) is 1. The van der Waals surface area contributed by atoms with E-state index in [9.17, 15) is 0 Å². The fraction of sp³-hybridized carbons (Fsp3) is 0.333. The van der Waals surface area contributed by atoms with Crippen LogP contribution in [-0.4, -0.2) is 6.61 Å². The quantitative estimate of drug-likeness (QED) is 0.669. The lowest BCUT2D eigenvalue weighted by molar-refractivity contribution is 0.281. The van der Waals surface area contributed by atoms with Crippen LogP contribution < -0.4 is 16.0 Å². The van der Waals surface area contributed by atoms with Crippen LogP contribution in [0.15, 0.2) is 42.5 Å². The third kappa shape index (κ3) is 2.94. The first kappa shape index (κ1) is 14.1. The first-order chi connectivity index (χ1) is 10.3. The van der Waals surface area contributed by atoms with Crippen molar-refractivity contribution in [2.75, 3.05) is 6.61 Å². The lowest BCUT2D eigenvalue weighted by Crippen LogP contribution is -2.30. The largest absolute Gasteiger partial charge is 0.493 e. The van der Waals surface area contributed by atoms with Crippen LogP contribution in [0.5, 0.6) is 5.75 Å². The van der Waals surface area contributed by atoms with Gasteiger partial charge in [-0.25, -0.2) is 0 Å². The molecule has 1 atom stereocenters. The van der Waals surface area contributed by atoms with Crippen LogP contribution in [0.3, 0.4) is 0 Å². The fourth-order valence-electron chi connectivity index (χ4n) is 3.01. The Labute approximate surface area is 126 Å². The minimum atomic E-state index is 0.0687. The molecule has 1 unspecified atom stereocenters. The second-order valence-corrected chi connectivity index (χ2v) is 5.64. The van der Waals surface area contributed by atoms with Gasteiger partial charge in [0.1, 0.15) is 5.75 Å². The Bertz CT molecular complexity index is 624. The summed E-state index contributed by atoms with van der Waals surface area (Å²) in [5.74, 6) is 6.86. The van der Waals surface area contributed by atoms with Crippen molar-refractivity contribution in [3.05, 3.63) is 64.7 Å². The molecule has 2 aromatic rings. The van der Waals surface area contributed by atoms with E-state index in [0.717, 1.165) is 37.2 Å². The SMILES string of the molecule is Cc1ccccc1CC(NN)c1cccc2c1OCCC2. The smallest absolute Gasteiger partial charge is 0.127 e. The van der Waals surface area contributed by atoms with Gasteiger partial charge in [-0.15, -0.1) is 0 Å². The second-order valence-electron chi connectivity index (χ2n) is 5.64. The summed E-state index contributed by atoms with van der Waals surface area (Å²) in [6, 6.07) is 14.9. The van der Waals surface area contributed by atoms with Crippen molar-refractivity contribution in [1.29, 1.82) is 0 Å². The molecule has 3 nitrogen and oxygen atoms in total. The standard InChI is InChI=1S/C18H22N2O/c1-13-6-2-3-7-15(13)12-17(20-19)16-10-4-8-14-9-5-11-21-18(14)16/h2-4,6-8,10,17,20H,5,9,11-12,19H2,1H3. The van der Waals surface area contributed by atoms with Crippen LogP contribution in [0.25, 0.3) is 0 Å². The van der Waals surface area contributed by atoms with Crippen LogP contribution in [0.1, 0.15) is 34.7 Å². The van der Waals surface area contributed by atoms with Crippen molar-refractivity contribution in [3.8, 4) is 5.75 Å². The van der Waals surface area contributed by atoms with Gasteiger partial charge in [0, 0.05) is 5.56 Å². The molecule has 3 N–H and O–H groups in total. The first-order valence-corrected chi connectivity index (χ1v) is 7.55. The molecule has 110 valence electrons. The van der Waals surface area contributed by atoms with Gasteiger partial charge in [-0.05, 0) is 42.9 Å². The normalized spacial score (nSPS) is 15.1. The lowest BCUT2D eigenvalue weighted by Gasteiger charge is -2.25. The number of para-hydroxylation sites is 1. The van der Waals surface area contributed by atoms with E-state index in [-0.39, 0.29) is 6.04 Å². The zero-order chi connectivity index (χ0) is 14.7. The van der Waals surface area contributed by atoms with Gasteiger partial charge in [-0.2, -0.15) is 0 Å². The lowest BCUT2D eigenvalue weighted by atomic mass is 9.93. The summed E-state index contributed by atoms with van der Waals surface area (Å²) >= 11 is 0. The molecular formula is C18H22N2O. The Hall–Kier alpha value is -1.84. The molecule has 0 fully saturated rings. The summed E-state index contributed by atoms with van der Waals surface area (Å²) < 4.78 is 5.91. The monoisotopic (exact) mass is 282 g/mol. The van der Waals surface area contributed by atoms with Gasteiger partial charge in [0.2, 0.25) is 0 Å². The van der Waals surface area contributed by atoms with E-state index in [4.69, 9.17) is 10.6 Å². The van der Waals surface area contributed by atoms with Crippen LogP contribution in [0.4, 0.5) is 0 Å². The Morgan fingerprint density at radius 3 is 2.86 bits per heavy atom. The molecule has 2 aromatic carbocycles. The minimum Gasteiger partial charge on any atom is -0.493 e. The molecule has 0 aliphatic carbocycles. The Kier molecular flexibility index (Phi) is 4.23. The van der Waals surface area contributed by atoms with Gasteiger partial charge in [0.15, 0.2) is 0 Å². The molecule has 0 aromatic heterocycles. The molecule has 1 heterocycles. The predicted molar refractivity (Wildman–Crippen MR) is 85.2 cm³/mol. The highest BCUT2D eigenvalue weighted by Gasteiger charge is 2.20. The van der Waals surface area contributed by atoms with E-state index in [1.54, 1.807) is 0 Å². The number of hydrogen-bond donors (Lipinski definition) is 2. The highest BCUT2D eigenvalue weighted by atomic mass is 16.5. The van der Waals surface area contributed by atoms with Crippen LogP contribution >= 0.6 is 0 Å². The summed E-state index contributed by atoms with van der Waals surface area (Å²) in [7, 11) is 0. The average molecular weight is 282 g/mol. The van der Waals surface area contributed by atoms with Gasteiger partial charge >= 0.3 is 0 Å². The maximum atomic E-state index is 5.91. The van der Waals surface area contributed by atoms with Crippen molar-refractivity contribution in [2.45, 2.75) is 32.2 Å². The van der Waals surface area contributed by atoms with E-state index in [0.29, 0.717) is 0 Å². The zero-order valence-corrected chi connectivity index (χ0v) is 12.4. The van der Waals surface area contributed by atoms with Gasteiger partial charge in [-0.3, -0.25) is 11.3 Å². The Balaban J connectivity index is 1.92. The van der Waals surface area contributed by atoms with Crippen molar-refractivity contribution in [1.82, 2.24) is 5.43 Å². The number of rotatable bonds is 4. The molecular weight excluding hydrogens is 260 g/mol. The van der Waals surface area contributed by atoms with E-state index in [1.165, 1.54) is 16.7 Å². The summed E-state index contributed by atoms with van der Waals surface area (Å²) in [6.07, 6.45) is 3.04. The van der Waals surface area contributed by atoms with Crippen molar-refractivity contribution in [2.24, 2.45) is 5.84 Å². The number of nitrogens with one attached hydrogen (secondary N) is 1. The van der Waals surface area contributed by atoms with Crippen molar-refractivity contribution < 1.29 is 4.74 Å². The summed E-state index contributed by atoms with van der Waals surface area (Å²) in [6.45, 7) is 2.94. The van der Waals surface area contributed by atoms with Gasteiger partial charge in [0.25, 0.3) is 0 Å². The highest BCUT2D eigenvalue weighted by molar-refractivity contribution is 5.45. The summed E-state index contributed by atoms with van der Waals surface area (Å²) in [4.78, 5) is 0. The molecule has 21 heavy (non-hydrogen) atoms. The number of aryl methyl sites for hydroxylation is 2. The Morgan fingerprint density at radius 2 is 2.05 bits per heavy atom. The number of fused-ring (bicyclic) bond motifs is 1. The molecule has 0 bridgehead atoms. The molecule has 1 aliphatic rings. The molecule has 0 amide bonds. The summed E-state index contributed by atoms with van der Waals surface area (Å²) in [5, 5.41) is 0. The second kappa shape index (κ2) is 6.29. The van der Waals surface area contributed by atoms with Gasteiger partial charge in [0.05, 0.1) is 12.6 Å². The van der Waals surface area contributed by atoms with E-state index in [2.05, 4.69) is 54.8 Å². The summed E-state index contributed by atoms with van der Waals surface area (Å²) in [5.41, 5.74) is 8.03. The molecule has 0 saturated carbocycles. The Morgan fingerprint density at radius 1 is 1.19 bits per heavy atom. The van der Waals surface area contributed by atoms with Crippen molar-refractivity contribution in [3.63, 3.8) is 0 Å². The first-order valence-electron chi connectivity index (χ1n) is 7.55.